The minimum Gasteiger partial charge on any atom is -0.205 e. The van der Waals surface area contributed by atoms with E-state index >= 15 is 0 Å². The van der Waals surface area contributed by atoms with Crippen LogP contribution in [0.4, 0.5) is 4.39 Å². The van der Waals surface area contributed by atoms with Crippen molar-refractivity contribution < 1.29 is 4.39 Å². The molecule has 0 atom stereocenters. The fraction of sp³-hybridized carbons (Fsp3) is 0.333. The van der Waals surface area contributed by atoms with Gasteiger partial charge in [-0.05, 0) is 40.4 Å². The molecule has 0 amide bonds. The van der Waals surface area contributed by atoms with E-state index < -0.39 is 0 Å². The molecular weight excluding hydrogens is 287 g/mol. The van der Waals surface area contributed by atoms with Gasteiger partial charge >= 0.3 is 0 Å². The van der Waals surface area contributed by atoms with Crippen molar-refractivity contribution in [3.8, 4) is 0 Å². The second-order valence-electron chi connectivity index (χ2n) is 2.51. The fourth-order valence-corrected chi connectivity index (χ4v) is 1.69. The van der Waals surface area contributed by atoms with Gasteiger partial charge in [-0.1, -0.05) is 28.1 Å². The summed E-state index contributed by atoms with van der Waals surface area (Å²) in [7, 11) is 0. The SMILES string of the molecule is Fc1c(Br)cccc1CCCBr. The predicted molar refractivity (Wildman–Crippen MR) is 56.2 cm³/mol. The molecule has 0 aliphatic rings. The zero-order valence-electron chi connectivity index (χ0n) is 6.49. The molecule has 1 rings (SSSR count). The molecule has 0 aliphatic heterocycles. The van der Waals surface area contributed by atoms with E-state index in [-0.39, 0.29) is 5.82 Å². The summed E-state index contributed by atoms with van der Waals surface area (Å²) in [5.41, 5.74) is 0.781. The third-order valence-electron chi connectivity index (χ3n) is 1.61. The Labute approximate surface area is 88.4 Å². The van der Waals surface area contributed by atoms with Crippen molar-refractivity contribution in [1.29, 1.82) is 0 Å². The molecule has 0 saturated heterocycles. The van der Waals surface area contributed by atoms with Crippen LogP contribution in [0.15, 0.2) is 22.7 Å². The lowest BCUT2D eigenvalue weighted by Gasteiger charge is -2.02. The van der Waals surface area contributed by atoms with Crippen LogP contribution in [0, 0.1) is 5.82 Å². The van der Waals surface area contributed by atoms with E-state index in [4.69, 9.17) is 0 Å². The van der Waals surface area contributed by atoms with Crippen molar-refractivity contribution in [2.75, 3.05) is 5.33 Å². The average molecular weight is 296 g/mol. The Bertz CT molecular complexity index is 261. The first kappa shape index (κ1) is 10.2. The van der Waals surface area contributed by atoms with Crippen molar-refractivity contribution >= 4 is 31.9 Å². The first-order chi connectivity index (χ1) is 5.75. The normalized spacial score (nSPS) is 10.2. The van der Waals surface area contributed by atoms with Gasteiger partial charge in [0, 0.05) is 5.33 Å². The van der Waals surface area contributed by atoms with Crippen LogP contribution in [0.5, 0.6) is 0 Å². The number of benzene rings is 1. The Morgan fingerprint density at radius 2 is 2.08 bits per heavy atom. The highest BCUT2D eigenvalue weighted by Crippen LogP contribution is 2.19. The Morgan fingerprint density at radius 3 is 2.75 bits per heavy atom. The summed E-state index contributed by atoms with van der Waals surface area (Å²) >= 11 is 6.47. The highest BCUT2D eigenvalue weighted by Gasteiger charge is 2.04. The summed E-state index contributed by atoms with van der Waals surface area (Å²) in [4.78, 5) is 0. The lowest BCUT2D eigenvalue weighted by atomic mass is 10.1. The Hall–Kier alpha value is 0.110. The van der Waals surface area contributed by atoms with E-state index in [1.54, 1.807) is 6.07 Å². The summed E-state index contributed by atoms with van der Waals surface area (Å²) in [5, 5.41) is 0.916. The maximum absolute atomic E-state index is 13.3. The molecule has 1 aromatic carbocycles. The smallest absolute Gasteiger partial charge is 0.140 e. The lowest BCUT2D eigenvalue weighted by Crippen LogP contribution is -1.91. The molecule has 0 radical (unpaired) electrons. The van der Waals surface area contributed by atoms with Crippen LogP contribution in [0.2, 0.25) is 0 Å². The molecule has 0 nitrogen and oxygen atoms in total. The van der Waals surface area contributed by atoms with Crippen LogP contribution >= 0.6 is 31.9 Å². The van der Waals surface area contributed by atoms with Gasteiger partial charge < -0.3 is 0 Å². The highest BCUT2D eigenvalue weighted by molar-refractivity contribution is 9.10. The maximum Gasteiger partial charge on any atom is 0.140 e. The minimum atomic E-state index is -0.126. The first-order valence-electron chi connectivity index (χ1n) is 3.74. The zero-order valence-corrected chi connectivity index (χ0v) is 9.66. The molecule has 0 heterocycles. The average Bonchev–Trinajstić information content (AvgIpc) is 2.08. The van der Waals surface area contributed by atoms with Gasteiger partial charge in [-0.25, -0.2) is 4.39 Å². The molecule has 0 N–H and O–H groups in total. The number of hydrogen-bond donors (Lipinski definition) is 0. The van der Waals surface area contributed by atoms with Crippen molar-refractivity contribution in [1.82, 2.24) is 0 Å². The van der Waals surface area contributed by atoms with Crippen LogP contribution in [0.3, 0.4) is 0 Å². The van der Waals surface area contributed by atoms with Gasteiger partial charge in [0.1, 0.15) is 5.82 Å². The van der Waals surface area contributed by atoms with Crippen LogP contribution in [0.25, 0.3) is 0 Å². The van der Waals surface area contributed by atoms with Crippen LogP contribution in [0.1, 0.15) is 12.0 Å². The van der Waals surface area contributed by atoms with Gasteiger partial charge in [0.05, 0.1) is 4.47 Å². The molecule has 0 aliphatic carbocycles. The van der Waals surface area contributed by atoms with Gasteiger partial charge in [-0.3, -0.25) is 0 Å². The molecular formula is C9H9Br2F. The molecule has 12 heavy (non-hydrogen) atoms. The van der Waals surface area contributed by atoms with E-state index in [2.05, 4.69) is 31.9 Å². The Morgan fingerprint density at radius 1 is 1.33 bits per heavy atom. The Kier molecular flexibility index (Phi) is 4.22. The fourth-order valence-electron chi connectivity index (χ4n) is 0.999. The Balaban J connectivity index is 2.78. The minimum absolute atomic E-state index is 0.126. The molecule has 0 saturated carbocycles. The van der Waals surface area contributed by atoms with E-state index in [9.17, 15) is 4.39 Å². The van der Waals surface area contributed by atoms with Gasteiger partial charge in [0.2, 0.25) is 0 Å². The molecule has 3 heteroatoms. The molecule has 0 unspecified atom stereocenters. The molecule has 0 spiro atoms. The second kappa shape index (κ2) is 4.97. The summed E-state index contributed by atoms with van der Waals surface area (Å²) in [6, 6.07) is 5.40. The van der Waals surface area contributed by atoms with Crippen LogP contribution < -0.4 is 0 Å². The standard InChI is InChI=1S/C9H9Br2F/c10-6-2-4-7-3-1-5-8(11)9(7)12/h1,3,5H,2,4,6H2. The van der Waals surface area contributed by atoms with E-state index in [0.29, 0.717) is 4.47 Å². The third kappa shape index (κ3) is 2.56. The van der Waals surface area contributed by atoms with Gasteiger partial charge in [-0.2, -0.15) is 0 Å². The molecule has 0 bridgehead atoms. The van der Waals surface area contributed by atoms with Crippen LogP contribution in [-0.2, 0) is 6.42 Å². The van der Waals surface area contributed by atoms with E-state index in [0.717, 1.165) is 23.7 Å². The zero-order chi connectivity index (χ0) is 8.97. The molecule has 1 aromatic rings. The quantitative estimate of drug-likeness (QED) is 0.742. The van der Waals surface area contributed by atoms with Crippen molar-refractivity contribution in [3.05, 3.63) is 34.1 Å². The lowest BCUT2D eigenvalue weighted by molar-refractivity contribution is 0.601. The number of alkyl halides is 1. The molecule has 0 fully saturated rings. The van der Waals surface area contributed by atoms with Crippen LogP contribution in [-0.4, -0.2) is 5.33 Å². The largest absolute Gasteiger partial charge is 0.205 e. The number of halogens is 3. The predicted octanol–water partition coefficient (Wildman–Crippen LogP) is 3.92. The summed E-state index contributed by atoms with van der Waals surface area (Å²) < 4.78 is 13.8. The highest BCUT2D eigenvalue weighted by atomic mass is 79.9. The van der Waals surface area contributed by atoms with E-state index in [1.165, 1.54) is 0 Å². The molecule has 0 aromatic heterocycles. The second-order valence-corrected chi connectivity index (χ2v) is 4.15. The summed E-state index contributed by atoms with van der Waals surface area (Å²) in [6.45, 7) is 0. The topological polar surface area (TPSA) is 0 Å². The van der Waals surface area contributed by atoms with Crippen molar-refractivity contribution in [2.45, 2.75) is 12.8 Å². The van der Waals surface area contributed by atoms with E-state index in [1.807, 2.05) is 12.1 Å². The number of rotatable bonds is 3. The number of hydrogen-bond acceptors (Lipinski definition) is 0. The van der Waals surface area contributed by atoms with Gasteiger partial charge in [-0.15, -0.1) is 0 Å². The monoisotopic (exact) mass is 294 g/mol. The summed E-state index contributed by atoms with van der Waals surface area (Å²) in [5.74, 6) is -0.126. The summed E-state index contributed by atoms with van der Waals surface area (Å²) in [6.07, 6.45) is 1.75. The van der Waals surface area contributed by atoms with Gasteiger partial charge in [0.15, 0.2) is 0 Å². The van der Waals surface area contributed by atoms with Crippen molar-refractivity contribution in [2.24, 2.45) is 0 Å². The van der Waals surface area contributed by atoms with Crippen molar-refractivity contribution in [3.63, 3.8) is 0 Å². The molecule has 66 valence electrons. The van der Waals surface area contributed by atoms with Gasteiger partial charge in [0.25, 0.3) is 0 Å². The first-order valence-corrected chi connectivity index (χ1v) is 5.66. The third-order valence-corrected chi connectivity index (χ3v) is 2.78. The number of aryl methyl sites for hydroxylation is 1. The maximum atomic E-state index is 13.3.